The average molecular weight is 391 g/mol. The third kappa shape index (κ3) is 5.33. The Morgan fingerprint density at radius 1 is 1.44 bits per heavy atom. The number of nitrogens with one attached hydrogen (secondary N) is 2. The van der Waals surface area contributed by atoms with Crippen LogP contribution in [0.2, 0.25) is 5.02 Å². The fourth-order valence-corrected chi connectivity index (χ4v) is 3.68. The quantitative estimate of drug-likeness (QED) is 0.669. The van der Waals surface area contributed by atoms with Crippen molar-refractivity contribution in [3.05, 3.63) is 16.4 Å². The molecule has 0 aromatic carbocycles. The van der Waals surface area contributed by atoms with Crippen molar-refractivity contribution in [2.24, 2.45) is 11.8 Å². The molecule has 0 radical (unpaired) electrons. The van der Waals surface area contributed by atoms with E-state index in [9.17, 15) is 4.79 Å². The van der Waals surface area contributed by atoms with Crippen molar-refractivity contribution in [3.63, 3.8) is 0 Å². The number of hydrogen-bond donors (Lipinski definition) is 2. The Labute approximate surface area is 160 Å². The summed E-state index contributed by atoms with van der Waals surface area (Å²) in [6.07, 6.45) is 3.48. The minimum atomic E-state index is -0.00500. The zero-order valence-electron chi connectivity index (χ0n) is 14.9. The molecule has 2 N–H and O–H groups in total. The van der Waals surface area contributed by atoms with Gasteiger partial charge < -0.3 is 10.1 Å². The van der Waals surface area contributed by atoms with Crippen LogP contribution >= 0.6 is 24.0 Å². The number of ether oxygens (including phenoxy) is 1. The Bertz CT molecular complexity index is 577. The van der Waals surface area contributed by atoms with Gasteiger partial charge in [0.05, 0.1) is 16.4 Å². The van der Waals surface area contributed by atoms with Crippen LogP contribution in [0.15, 0.2) is 0 Å². The van der Waals surface area contributed by atoms with E-state index in [0.717, 1.165) is 48.4 Å². The molecule has 1 aromatic heterocycles. The second kappa shape index (κ2) is 9.21. The first-order valence-corrected chi connectivity index (χ1v) is 9.25. The Kier molecular flexibility index (Phi) is 7.55. The predicted molar refractivity (Wildman–Crippen MR) is 100 cm³/mol. The molecule has 0 unspecified atom stereocenters. The Hall–Kier alpha value is -0.820. The molecule has 1 saturated carbocycles. The van der Waals surface area contributed by atoms with Gasteiger partial charge in [-0.05, 0) is 38.0 Å². The van der Waals surface area contributed by atoms with E-state index in [0.29, 0.717) is 12.5 Å². The third-order valence-electron chi connectivity index (χ3n) is 4.91. The number of aryl methyl sites for hydroxylation is 1. The summed E-state index contributed by atoms with van der Waals surface area (Å²) in [5, 5.41) is 11.1. The number of aromatic amines is 1. The van der Waals surface area contributed by atoms with Crippen LogP contribution in [0.1, 0.15) is 37.6 Å². The molecular formula is C17H28Cl2N4O2. The molecule has 0 spiro atoms. The summed E-state index contributed by atoms with van der Waals surface area (Å²) < 4.78 is 5.35. The lowest BCUT2D eigenvalue weighted by Gasteiger charge is -2.19. The highest BCUT2D eigenvalue weighted by Gasteiger charge is 2.43. The molecule has 2 fully saturated rings. The van der Waals surface area contributed by atoms with Crippen molar-refractivity contribution in [3.8, 4) is 0 Å². The van der Waals surface area contributed by atoms with Crippen molar-refractivity contribution >= 4 is 29.9 Å². The maximum absolute atomic E-state index is 12.1. The highest BCUT2D eigenvalue weighted by atomic mass is 35.5. The van der Waals surface area contributed by atoms with E-state index in [4.69, 9.17) is 16.3 Å². The zero-order valence-corrected chi connectivity index (χ0v) is 16.5. The first-order chi connectivity index (χ1) is 11.6. The summed E-state index contributed by atoms with van der Waals surface area (Å²) >= 11 is 6.28. The minimum absolute atomic E-state index is 0. The minimum Gasteiger partial charge on any atom is -0.372 e. The molecular weight excluding hydrogens is 363 g/mol. The lowest BCUT2D eigenvalue weighted by molar-refractivity contribution is -0.126. The Morgan fingerprint density at radius 3 is 2.80 bits per heavy atom. The number of carbonyl (C=O) groups excluding carboxylic acids is 1. The summed E-state index contributed by atoms with van der Waals surface area (Å²) in [6.45, 7) is 7.33. The van der Waals surface area contributed by atoms with Crippen LogP contribution in [-0.4, -0.2) is 53.3 Å². The van der Waals surface area contributed by atoms with Crippen LogP contribution in [0.4, 0.5) is 0 Å². The smallest absolute Gasteiger partial charge is 0.246 e. The van der Waals surface area contributed by atoms with Crippen molar-refractivity contribution in [2.45, 2.75) is 45.7 Å². The van der Waals surface area contributed by atoms with E-state index in [1.807, 2.05) is 13.8 Å². The van der Waals surface area contributed by atoms with Gasteiger partial charge in [0.25, 0.3) is 0 Å². The molecule has 2 heterocycles. The van der Waals surface area contributed by atoms with Crippen LogP contribution < -0.4 is 5.32 Å². The van der Waals surface area contributed by atoms with Gasteiger partial charge in [-0.25, -0.2) is 0 Å². The fourth-order valence-electron chi connectivity index (χ4n) is 3.54. The van der Waals surface area contributed by atoms with Gasteiger partial charge in [0.15, 0.2) is 0 Å². The van der Waals surface area contributed by atoms with Crippen molar-refractivity contribution in [2.75, 3.05) is 26.3 Å². The van der Waals surface area contributed by atoms with Gasteiger partial charge in [0.1, 0.15) is 6.61 Å². The summed E-state index contributed by atoms with van der Waals surface area (Å²) in [5.41, 5.74) is 1.80. The molecule has 8 heteroatoms. The van der Waals surface area contributed by atoms with E-state index in [1.165, 1.54) is 12.8 Å². The van der Waals surface area contributed by atoms with E-state index in [-0.39, 0.29) is 31.0 Å². The zero-order chi connectivity index (χ0) is 17.1. The number of aromatic nitrogens is 2. The number of amides is 1. The highest BCUT2D eigenvalue weighted by Crippen LogP contribution is 2.41. The van der Waals surface area contributed by atoms with Crippen LogP contribution in [0, 0.1) is 18.8 Å². The topological polar surface area (TPSA) is 70.2 Å². The average Bonchev–Trinajstić information content (AvgIpc) is 3.26. The molecule has 6 nitrogen and oxygen atoms in total. The van der Waals surface area contributed by atoms with Gasteiger partial charge in [-0.3, -0.25) is 14.8 Å². The molecule has 1 aliphatic carbocycles. The van der Waals surface area contributed by atoms with Gasteiger partial charge >= 0.3 is 0 Å². The van der Waals surface area contributed by atoms with Crippen LogP contribution in [0.5, 0.6) is 0 Å². The number of likely N-dealkylation sites (tertiary alicyclic amines) is 1. The lowest BCUT2D eigenvalue weighted by atomic mass is 9.98. The van der Waals surface area contributed by atoms with Crippen LogP contribution in [0.25, 0.3) is 0 Å². The van der Waals surface area contributed by atoms with Crippen LogP contribution in [0.3, 0.4) is 0 Å². The number of rotatable bonds is 8. The molecule has 2 aliphatic rings. The fraction of sp³-hybridized carbons (Fsp3) is 0.765. The van der Waals surface area contributed by atoms with E-state index < -0.39 is 0 Å². The van der Waals surface area contributed by atoms with Gasteiger partial charge in [-0.2, -0.15) is 5.10 Å². The lowest BCUT2D eigenvalue weighted by Crippen LogP contribution is -2.42. The van der Waals surface area contributed by atoms with Crippen molar-refractivity contribution in [1.29, 1.82) is 0 Å². The summed E-state index contributed by atoms with van der Waals surface area (Å²) in [6, 6.07) is 0.203. The maximum atomic E-state index is 12.1. The summed E-state index contributed by atoms with van der Waals surface area (Å²) in [4.78, 5) is 14.4. The Balaban J connectivity index is 0.00000225. The molecule has 1 saturated heterocycles. The molecule has 1 aliphatic heterocycles. The second-order valence-corrected chi connectivity index (χ2v) is 7.41. The maximum Gasteiger partial charge on any atom is 0.246 e. The van der Waals surface area contributed by atoms with Crippen molar-refractivity contribution < 1.29 is 9.53 Å². The second-order valence-electron chi connectivity index (χ2n) is 7.03. The number of carbonyl (C=O) groups is 1. The molecule has 25 heavy (non-hydrogen) atoms. The normalized spacial score (nSPS) is 23.5. The number of nitrogens with zero attached hydrogens (tertiary/aromatic N) is 2. The standard InChI is InChI=1S/C17H27ClN4O2.ClH/c1-3-6-24-10-16(23)19-14-8-22(7-13(14)12-4-5-12)9-15-17(18)11(2)20-21-15;/h12-14H,3-10H2,1-2H3,(H,19,23)(H,20,21);1H/t13-,14+;/m1./s1. The summed E-state index contributed by atoms with van der Waals surface area (Å²) in [7, 11) is 0. The molecule has 1 amide bonds. The number of H-pyrrole nitrogens is 1. The first-order valence-electron chi connectivity index (χ1n) is 8.87. The van der Waals surface area contributed by atoms with Gasteiger partial charge in [0.2, 0.25) is 5.91 Å². The molecule has 2 atom stereocenters. The predicted octanol–water partition coefficient (Wildman–Crippen LogP) is 2.55. The number of halogens is 2. The largest absolute Gasteiger partial charge is 0.372 e. The van der Waals surface area contributed by atoms with E-state index in [1.54, 1.807) is 0 Å². The van der Waals surface area contributed by atoms with Crippen LogP contribution in [-0.2, 0) is 16.1 Å². The highest BCUT2D eigenvalue weighted by molar-refractivity contribution is 6.31. The molecule has 0 bridgehead atoms. The molecule has 142 valence electrons. The molecule has 3 rings (SSSR count). The van der Waals surface area contributed by atoms with Gasteiger partial charge in [0, 0.05) is 32.3 Å². The third-order valence-corrected chi connectivity index (χ3v) is 5.41. The monoisotopic (exact) mass is 390 g/mol. The molecule has 1 aromatic rings. The summed E-state index contributed by atoms with van der Waals surface area (Å²) in [5.74, 6) is 1.27. The van der Waals surface area contributed by atoms with E-state index >= 15 is 0 Å². The van der Waals surface area contributed by atoms with Crippen molar-refractivity contribution in [1.82, 2.24) is 20.4 Å². The van der Waals surface area contributed by atoms with E-state index in [2.05, 4.69) is 20.4 Å². The van der Waals surface area contributed by atoms with Gasteiger partial charge in [-0.15, -0.1) is 12.4 Å². The number of hydrogen-bond acceptors (Lipinski definition) is 4. The first kappa shape index (κ1) is 20.5. The van der Waals surface area contributed by atoms with Gasteiger partial charge in [-0.1, -0.05) is 18.5 Å². The Morgan fingerprint density at radius 2 is 2.20 bits per heavy atom. The SMILES string of the molecule is CCCOCC(=O)N[C@H]1CN(Cc2n[nH]c(C)c2Cl)C[C@@H]1C1CC1.Cl.